The van der Waals surface area contributed by atoms with Gasteiger partial charge in [0.1, 0.15) is 5.69 Å². The summed E-state index contributed by atoms with van der Waals surface area (Å²) in [7, 11) is 1.92. The fraction of sp³-hybridized carbons (Fsp3) is 0.235. The van der Waals surface area contributed by atoms with Gasteiger partial charge in [-0.3, -0.25) is 9.48 Å². The van der Waals surface area contributed by atoms with Crippen molar-refractivity contribution in [1.29, 1.82) is 0 Å². The maximum Gasteiger partial charge on any atom is 0.168 e. The Balaban J connectivity index is 1.68. The van der Waals surface area contributed by atoms with E-state index < -0.39 is 0 Å². The van der Waals surface area contributed by atoms with Gasteiger partial charge in [0.2, 0.25) is 0 Å². The number of aldehydes is 1. The van der Waals surface area contributed by atoms with Crippen LogP contribution in [0, 0.1) is 6.92 Å². The number of nitrogens with zero attached hydrogens (tertiary/aromatic N) is 3. The third-order valence-corrected chi connectivity index (χ3v) is 3.60. The van der Waals surface area contributed by atoms with E-state index in [-0.39, 0.29) is 0 Å². The highest BCUT2D eigenvalue weighted by molar-refractivity contribution is 5.79. The van der Waals surface area contributed by atoms with Crippen LogP contribution in [0.25, 0.3) is 10.9 Å². The van der Waals surface area contributed by atoms with Gasteiger partial charge in [-0.1, -0.05) is 12.1 Å². The number of pyridine rings is 1. The molecule has 0 unspecified atom stereocenters. The van der Waals surface area contributed by atoms with Gasteiger partial charge < -0.3 is 4.74 Å². The Morgan fingerprint density at radius 3 is 2.91 bits per heavy atom. The second kappa shape index (κ2) is 6.07. The molecule has 0 bridgehead atoms. The van der Waals surface area contributed by atoms with Crippen molar-refractivity contribution in [3.8, 4) is 0 Å². The van der Waals surface area contributed by atoms with E-state index in [1.807, 2.05) is 49.1 Å². The van der Waals surface area contributed by atoms with E-state index in [9.17, 15) is 4.79 Å². The number of carbonyl (C=O) groups excluding carboxylic acids is 1. The SMILES string of the molecule is Cc1ccc(COCc2ccc3c(cnn3C)c2)c(C=O)n1. The van der Waals surface area contributed by atoms with Gasteiger partial charge in [-0.15, -0.1) is 0 Å². The van der Waals surface area contributed by atoms with Gasteiger partial charge in [-0.25, -0.2) is 4.98 Å². The second-order valence-electron chi connectivity index (χ2n) is 5.27. The highest BCUT2D eigenvalue weighted by Crippen LogP contribution is 2.16. The summed E-state index contributed by atoms with van der Waals surface area (Å²) in [5.41, 5.74) is 4.25. The Hall–Kier alpha value is -2.53. The summed E-state index contributed by atoms with van der Waals surface area (Å²) in [6.07, 6.45) is 2.61. The number of rotatable bonds is 5. The lowest BCUT2D eigenvalue weighted by Gasteiger charge is -2.07. The molecule has 0 aliphatic carbocycles. The third kappa shape index (κ3) is 2.89. The van der Waals surface area contributed by atoms with Crippen LogP contribution in [0.3, 0.4) is 0 Å². The van der Waals surface area contributed by atoms with Crippen molar-refractivity contribution in [3.05, 3.63) is 59.0 Å². The minimum Gasteiger partial charge on any atom is -0.372 e. The molecule has 1 aromatic carbocycles. The van der Waals surface area contributed by atoms with Gasteiger partial charge in [0.25, 0.3) is 0 Å². The van der Waals surface area contributed by atoms with Crippen LogP contribution in [-0.2, 0) is 25.0 Å². The first-order chi connectivity index (χ1) is 10.7. The van der Waals surface area contributed by atoms with E-state index in [1.165, 1.54) is 0 Å². The maximum atomic E-state index is 11.0. The summed E-state index contributed by atoms with van der Waals surface area (Å²) in [6, 6.07) is 9.89. The third-order valence-electron chi connectivity index (χ3n) is 3.60. The lowest BCUT2D eigenvalue weighted by molar-refractivity contribution is 0.103. The average molecular weight is 295 g/mol. The summed E-state index contributed by atoms with van der Waals surface area (Å²) < 4.78 is 7.56. The first kappa shape index (κ1) is 14.4. The molecular weight excluding hydrogens is 278 g/mol. The molecule has 3 aromatic rings. The van der Waals surface area contributed by atoms with Crippen molar-refractivity contribution in [2.45, 2.75) is 20.1 Å². The van der Waals surface area contributed by atoms with Crippen LogP contribution in [0.1, 0.15) is 27.3 Å². The maximum absolute atomic E-state index is 11.0. The Bertz CT molecular complexity index is 824. The highest BCUT2D eigenvalue weighted by Gasteiger charge is 2.05. The van der Waals surface area contributed by atoms with Gasteiger partial charge in [0, 0.05) is 23.7 Å². The summed E-state index contributed by atoms with van der Waals surface area (Å²) in [5, 5.41) is 5.32. The topological polar surface area (TPSA) is 57.0 Å². The number of aryl methyl sites for hydroxylation is 2. The molecule has 22 heavy (non-hydrogen) atoms. The molecule has 0 amide bonds. The molecule has 0 aliphatic heterocycles. The molecule has 0 saturated heterocycles. The molecular formula is C17H17N3O2. The summed E-state index contributed by atoms with van der Waals surface area (Å²) in [5.74, 6) is 0. The number of ether oxygens (including phenoxy) is 1. The zero-order chi connectivity index (χ0) is 15.5. The number of hydrogen-bond acceptors (Lipinski definition) is 4. The molecule has 5 nitrogen and oxygen atoms in total. The van der Waals surface area contributed by atoms with E-state index in [0.29, 0.717) is 18.9 Å². The predicted octanol–water partition coefficient (Wildman–Crippen LogP) is 2.81. The van der Waals surface area contributed by atoms with E-state index in [1.54, 1.807) is 0 Å². The summed E-state index contributed by atoms with van der Waals surface area (Å²) in [4.78, 5) is 15.2. The van der Waals surface area contributed by atoms with Gasteiger partial charge in [0.05, 0.1) is 24.9 Å². The zero-order valence-electron chi connectivity index (χ0n) is 12.6. The Morgan fingerprint density at radius 1 is 1.23 bits per heavy atom. The van der Waals surface area contributed by atoms with Crippen LogP contribution in [-0.4, -0.2) is 21.1 Å². The second-order valence-corrected chi connectivity index (χ2v) is 5.27. The van der Waals surface area contributed by atoms with Crippen LogP contribution in [0.4, 0.5) is 0 Å². The van der Waals surface area contributed by atoms with Crippen molar-refractivity contribution < 1.29 is 9.53 Å². The molecule has 0 radical (unpaired) electrons. The van der Waals surface area contributed by atoms with Crippen LogP contribution in [0.5, 0.6) is 0 Å². The first-order valence-electron chi connectivity index (χ1n) is 7.07. The Morgan fingerprint density at radius 2 is 2.09 bits per heavy atom. The van der Waals surface area contributed by atoms with E-state index in [0.717, 1.165) is 34.0 Å². The van der Waals surface area contributed by atoms with Crippen LogP contribution >= 0.6 is 0 Å². The molecule has 112 valence electrons. The minimum absolute atomic E-state index is 0.367. The first-order valence-corrected chi connectivity index (χ1v) is 7.07. The lowest BCUT2D eigenvalue weighted by atomic mass is 10.1. The van der Waals surface area contributed by atoms with Crippen molar-refractivity contribution in [1.82, 2.24) is 14.8 Å². The van der Waals surface area contributed by atoms with E-state index in [4.69, 9.17) is 4.74 Å². The van der Waals surface area contributed by atoms with Crippen LogP contribution < -0.4 is 0 Å². The molecule has 0 fully saturated rings. The lowest BCUT2D eigenvalue weighted by Crippen LogP contribution is -2.01. The molecule has 2 aromatic heterocycles. The van der Waals surface area contributed by atoms with Gasteiger partial charge in [-0.2, -0.15) is 5.10 Å². The summed E-state index contributed by atoms with van der Waals surface area (Å²) in [6.45, 7) is 2.71. The number of hydrogen-bond donors (Lipinski definition) is 0. The molecule has 5 heteroatoms. The van der Waals surface area contributed by atoms with Crippen LogP contribution in [0.15, 0.2) is 36.5 Å². The van der Waals surface area contributed by atoms with E-state index >= 15 is 0 Å². The number of aromatic nitrogens is 3. The van der Waals surface area contributed by atoms with Crippen molar-refractivity contribution in [2.24, 2.45) is 7.05 Å². The fourth-order valence-corrected chi connectivity index (χ4v) is 2.41. The largest absolute Gasteiger partial charge is 0.372 e. The van der Waals surface area contributed by atoms with Crippen molar-refractivity contribution >= 4 is 17.2 Å². The fourth-order valence-electron chi connectivity index (χ4n) is 2.41. The van der Waals surface area contributed by atoms with Crippen molar-refractivity contribution in [3.63, 3.8) is 0 Å². The summed E-state index contributed by atoms with van der Waals surface area (Å²) >= 11 is 0. The van der Waals surface area contributed by atoms with Crippen LogP contribution in [0.2, 0.25) is 0 Å². The van der Waals surface area contributed by atoms with Gasteiger partial charge in [0.15, 0.2) is 6.29 Å². The number of fused-ring (bicyclic) bond motifs is 1. The molecule has 0 spiro atoms. The number of carbonyl (C=O) groups is 1. The Kier molecular flexibility index (Phi) is 3.98. The number of benzene rings is 1. The van der Waals surface area contributed by atoms with Gasteiger partial charge in [-0.05, 0) is 30.7 Å². The normalized spacial score (nSPS) is 11.0. The molecule has 2 heterocycles. The molecule has 0 aliphatic rings. The predicted molar refractivity (Wildman–Crippen MR) is 83.6 cm³/mol. The molecule has 0 saturated carbocycles. The standard InChI is InChI=1S/C17H17N3O2/c1-12-3-5-14(16(9-21)19-12)11-22-10-13-4-6-17-15(7-13)8-18-20(17)2/h3-9H,10-11H2,1-2H3. The highest BCUT2D eigenvalue weighted by atomic mass is 16.5. The minimum atomic E-state index is 0.367. The van der Waals surface area contributed by atoms with Gasteiger partial charge >= 0.3 is 0 Å². The monoisotopic (exact) mass is 295 g/mol. The molecule has 0 N–H and O–H groups in total. The smallest absolute Gasteiger partial charge is 0.168 e. The average Bonchev–Trinajstić information content (AvgIpc) is 2.89. The molecule has 0 atom stereocenters. The van der Waals surface area contributed by atoms with E-state index in [2.05, 4.69) is 16.1 Å². The molecule has 3 rings (SSSR count). The quantitative estimate of drug-likeness (QED) is 0.679. The van der Waals surface area contributed by atoms with Crippen molar-refractivity contribution in [2.75, 3.05) is 0 Å². The zero-order valence-corrected chi connectivity index (χ0v) is 12.6. The Labute approximate surface area is 128 Å².